The molecule has 4 nitrogen and oxygen atoms in total. The molecule has 1 saturated carbocycles. The molecule has 5 heteroatoms. The van der Waals surface area contributed by atoms with Gasteiger partial charge in [0.25, 0.3) is 0 Å². The predicted molar refractivity (Wildman–Crippen MR) is 89.7 cm³/mol. The van der Waals surface area contributed by atoms with E-state index in [1.807, 2.05) is 0 Å². The van der Waals surface area contributed by atoms with E-state index in [0.29, 0.717) is 32.0 Å². The van der Waals surface area contributed by atoms with Crippen molar-refractivity contribution in [1.29, 1.82) is 0 Å². The molecule has 0 saturated heterocycles. The number of nitrogens with one attached hydrogen (secondary N) is 1. The van der Waals surface area contributed by atoms with Gasteiger partial charge in [0.05, 0.1) is 6.61 Å². The quantitative estimate of drug-likeness (QED) is 0.642. The summed E-state index contributed by atoms with van der Waals surface area (Å²) in [6, 6.07) is 0. The van der Waals surface area contributed by atoms with Crippen LogP contribution < -0.4 is 11.1 Å². The van der Waals surface area contributed by atoms with Crippen molar-refractivity contribution in [3.05, 3.63) is 0 Å². The van der Waals surface area contributed by atoms with Crippen LogP contribution in [-0.2, 0) is 9.53 Å². The van der Waals surface area contributed by atoms with Crippen molar-refractivity contribution >= 4 is 18.3 Å². The van der Waals surface area contributed by atoms with Gasteiger partial charge in [0.1, 0.15) is 0 Å². The van der Waals surface area contributed by atoms with E-state index in [4.69, 9.17) is 10.5 Å². The highest BCUT2D eigenvalue weighted by Gasteiger charge is 2.32. The van der Waals surface area contributed by atoms with Crippen molar-refractivity contribution in [1.82, 2.24) is 5.32 Å². The molecule has 126 valence electrons. The fraction of sp³-hybridized carbons (Fsp3) is 0.938. The highest BCUT2D eigenvalue weighted by atomic mass is 35.5. The molecule has 0 aromatic carbocycles. The van der Waals surface area contributed by atoms with Gasteiger partial charge in [-0.1, -0.05) is 33.1 Å². The molecule has 0 heterocycles. The normalized spacial score (nSPS) is 17.3. The minimum absolute atomic E-state index is 0. The maximum Gasteiger partial charge on any atom is 0.220 e. The number of hydrogen-bond acceptors (Lipinski definition) is 3. The first kappa shape index (κ1) is 20.7. The first-order valence-corrected chi connectivity index (χ1v) is 8.12. The van der Waals surface area contributed by atoms with Crippen LogP contribution in [0.2, 0.25) is 0 Å². The number of amides is 1. The summed E-state index contributed by atoms with van der Waals surface area (Å²) < 4.78 is 5.50. The number of rotatable bonds is 9. The predicted octanol–water partition coefficient (Wildman–Crippen LogP) is 2.89. The monoisotopic (exact) mass is 320 g/mol. The van der Waals surface area contributed by atoms with Crippen LogP contribution in [0.3, 0.4) is 0 Å². The topological polar surface area (TPSA) is 64.3 Å². The Kier molecular flexibility index (Phi) is 11.1. The maximum atomic E-state index is 12.0. The summed E-state index contributed by atoms with van der Waals surface area (Å²) in [5, 5.41) is 2.96. The van der Waals surface area contributed by atoms with E-state index in [1.54, 1.807) is 0 Å². The lowest BCUT2D eigenvalue weighted by molar-refractivity contribution is -0.124. The lowest BCUT2D eigenvalue weighted by Gasteiger charge is -2.35. The molecule has 3 N–H and O–H groups in total. The summed E-state index contributed by atoms with van der Waals surface area (Å²) in [5.74, 6) is 0.796. The van der Waals surface area contributed by atoms with Crippen LogP contribution in [0.15, 0.2) is 0 Å². The Morgan fingerprint density at radius 1 is 1.24 bits per heavy atom. The first-order valence-electron chi connectivity index (χ1n) is 8.12. The zero-order chi connectivity index (χ0) is 14.8. The van der Waals surface area contributed by atoms with Crippen LogP contribution >= 0.6 is 12.4 Å². The second-order valence-corrected chi connectivity index (χ2v) is 6.59. The van der Waals surface area contributed by atoms with E-state index < -0.39 is 0 Å². The molecule has 0 aliphatic heterocycles. The molecule has 0 bridgehead atoms. The third-order valence-corrected chi connectivity index (χ3v) is 4.29. The molecule has 0 unspecified atom stereocenters. The Hall–Kier alpha value is -0.320. The number of halogens is 1. The van der Waals surface area contributed by atoms with Gasteiger partial charge in [-0.25, -0.2) is 0 Å². The second kappa shape index (κ2) is 11.3. The van der Waals surface area contributed by atoms with E-state index in [1.165, 1.54) is 19.3 Å². The van der Waals surface area contributed by atoms with E-state index >= 15 is 0 Å². The van der Waals surface area contributed by atoms with E-state index in [0.717, 1.165) is 25.9 Å². The fourth-order valence-electron chi connectivity index (χ4n) is 2.84. The Morgan fingerprint density at radius 2 is 1.90 bits per heavy atom. The van der Waals surface area contributed by atoms with E-state index in [-0.39, 0.29) is 23.7 Å². The molecular formula is C16H33ClN2O2. The van der Waals surface area contributed by atoms with Crippen LogP contribution in [-0.4, -0.2) is 32.2 Å². The SMILES string of the molecule is CC(C)CCOCCNC(=O)CC1(CN)CCCCC1.Cl. The van der Waals surface area contributed by atoms with Gasteiger partial charge in [0.15, 0.2) is 0 Å². The first-order chi connectivity index (χ1) is 9.58. The zero-order valence-electron chi connectivity index (χ0n) is 13.7. The minimum atomic E-state index is 0. The molecule has 21 heavy (non-hydrogen) atoms. The van der Waals surface area contributed by atoms with Gasteiger partial charge in [-0.3, -0.25) is 4.79 Å². The molecular weight excluding hydrogens is 288 g/mol. The van der Waals surface area contributed by atoms with Gasteiger partial charge in [0, 0.05) is 19.6 Å². The Morgan fingerprint density at radius 3 is 2.48 bits per heavy atom. The van der Waals surface area contributed by atoms with Crippen molar-refractivity contribution in [2.75, 3.05) is 26.3 Å². The summed E-state index contributed by atoms with van der Waals surface area (Å²) >= 11 is 0. The van der Waals surface area contributed by atoms with Crippen LogP contribution in [0, 0.1) is 11.3 Å². The highest BCUT2D eigenvalue weighted by Crippen LogP contribution is 2.38. The fourth-order valence-corrected chi connectivity index (χ4v) is 2.84. The number of hydrogen-bond donors (Lipinski definition) is 2. The lowest BCUT2D eigenvalue weighted by atomic mass is 9.72. The third kappa shape index (κ3) is 8.64. The number of carbonyl (C=O) groups is 1. The number of nitrogens with two attached hydrogens (primary N) is 1. The van der Waals surface area contributed by atoms with Crippen molar-refractivity contribution in [3.8, 4) is 0 Å². The number of carbonyl (C=O) groups excluding carboxylic acids is 1. The van der Waals surface area contributed by atoms with Crippen molar-refractivity contribution in [2.45, 2.75) is 58.8 Å². The maximum absolute atomic E-state index is 12.0. The Bertz CT molecular complexity index is 279. The van der Waals surface area contributed by atoms with E-state index in [9.17, 15) is 4.79 Å². The van der Waals surface area contributed by atoms with Crippen LogP contribution in [0.4, 0.5) is 0 Å². The molecule has 1 amide bonds. The van der Waals surface area contributed by atoms with E-state index in [2.05, 4.69) is 19.2 Å². The summed E-state index contributed by atoms with van der Waals surface area (Å²) in [6.45, 7) is 6.99. The molecule has 0 radical (unpaired) electrons. The van der Waals surface area contributed by atoms with Crippen molar-refractivity contribution in [2.24, 2.45) is 17.1 Å². The van der Waals surface area contributed by atoms with Crippen LogP contribution in [0.25, 0.3) is 0 Å². The zero-order valence-corrected chi connectivity index (χ0v) is 14.5. The highest BCUT2D eigenvalue weighted by molar-refractivity contribution is 5.85. The van der Waals surface area contributed by atoms with Gasteiger partial charge in [0.2, 0.25) is 5.91 Å². The Labute approximate surface area is 136 Å². The average molecular weight is 321 g/mol. The number of ether oxygens (including phenoxy) is 1. The molecule has 0 aromatic rings. The summed E-state index contributed by atoms with van der Waals surface area (Å²) in [7, 11) is 0. The Balaban J connectivity index is 0.00000400. The summed E-state index contributed by atoms with van der Waals surface area (Å²) in [6.07, 6.45) is 7.56. The summed E-state index contributed by atoms with van der Waals surface area (Å²) in [5.41, 5.74) is 5.96. The molecule has 0 spiro atoms. The van der Waals surface area contributed by atoms with Gasteiger partial charge in [-0.15, -0.1) is 12.4 Å². The minimum Gasteiger partial charge on any atom is -0.380 e. The largest absolute Gasteiger partial charge is 0.380 e. The smallest absolute Gasteiger partial charge is 0.220 e. The average Bonchev–Trinajstić information content (AvgIpc) is 2.43. The molecule has 0 atom stereocenters. The molecule has 1 rings (SSSR count). The van der Waals surface area contributed by atoms with Crippen molar-refractivity contribution in [3.63, 3.8) is 0 Å². The standard InChI is InChI=1S/C16H32N2O2.ClH/c1-14(2)6-10-20-11-9-18-15(19)12-16(13-17)7-4-3-5-8-16;/h14H,3-13,17H2,1-2H3,(H,18,19);1H. The van der Waals surface area contributed by atoms with Crippen LogP contribution in [0.1, 0.15) is 58.8 Å². The third-order valence-electron chi connectivity index (χ3n) is 4.29. The molecule has 1 aliphatic carbocycles. The van der Waals surface area contributed by atoms with Gasteiger partial charge >= 0.3 is 0 Å². The van der Waals surface area contributed by atoms with Gasteiger partial charge < -0.3 is 15.8 Å². The van der Waals surface area contributed by atoms with Gasteiger partial charge in [-0.05, 0) is 37.1 Å². The molecule has 1 aliphatic rings. The molecule has 1 fully saturated rings. The van der Waals surface area contributed by atoms with Crippen molar-refractivity contribution < 1.29 is 9.53 Å². The second-order valence-electron chi connectivity index (χ2n) is 6.59. The van der Waals surface area contributed by atoms with Crippen LogP contribution in [0.5, 0.6) is 0 Å². The lowest BCUT2D eigenvalue weighted by Crippen LogP contribution is -2.39. The molecule has 0 aromatic heterocycles. The van der Waals surface area contributed by atoms with Gasteiger partial charge in [-0.2, -0.15) is 0 Å². The summed E-state index contributed by atoms with van der Waals surface area (Å²) in [4.78, 5) is 12.0.